The van der Waals surface area contributed by atoms with Crippen LogP contribution in [-0.2, 0) is 11.3 Å². The zero-order chi connectivity index (χ0) is 11.5. The van der Waals surface area contributed by atoms with Crippen molar-refractivity contribution in [1.29, 1.82) is 0 Å². The Hall–Kier alpha value is -1.55. The summed E-state index contributed by atoms with van der Waals surface area (Å²) in [7, 11) is 0. The fraction of sp³-hybridized carbons (Fsp3) is 0.417. The van der Waals surface area contributed by atoms with Gasteiger partial charge in [0.05, 0.1) is 0 Å². The first-order valence-corrected chi connectivity index (χ1v) is 5.38. The highest BCUT2D eigenvalue weighted by Gasteiger charge is 2.06. The van der Waals surface area contributed by atoms with E-state index >= 15 is 0 Å². The van der Waals surface area contributed by atoms with E-state index in [0.717, 1.165) is 11.1 Å². The van der Waals surface area contributed by atoms with Crippen LogP contribution in [0.4, 0.5) is 5.69 Å². The Balaban J connectivity index is 2.08. The molecule has 0 radical (unpaired) electrons. The van der Waals surface area contributed by atoms with Gasteiger partial charge in [0.25, 0.3) is 0 Å². The smallest absolute Gasteiger partial charge is 0.221 e. The highest BCUT2D eigenvalue weighted by atomic mass is 16.5. The first-order valence-electron chi connectivity index (χ1n) is 5.38. The topological polar surface area (TPSA) is 61.3 Å². The highest BCUT2D eigenvalue weighted by Crippen LogP contribution is 2.18. The molecule has 4 heteroatoms. The first kappa shape index (κ1) is 11.0. The Bertz CT molecular complexity index is 477. The molecule has 0 atom stereocenters. The van der Waals surface area contributed by atoms with Crippen LogP contribution in [0.1, 0.15) is 19.7 Å². The number of aromatic nitrogens is 1. The fourth-order valence-electron chi connectivity index (χ4n) is 1.44. The number of hydrogen-bond acceptors (Lipinski definition) is 4. The summed E-state index contributed by atoms with van der Waals surface area (Å²) in [6.45, 7) is 5.33. The van der Waals surface area contributed by atoms with Crippen molar-refractivity contribution in [3.05, 3.63) is 24.1 Å². The van der Waals surface area contributed by atoms with Gasteiger partial charge < -0.3 is 14.9 Å². The van der Waals surface area contributed by atoms with Crippen LogP contribution in [0.25, 0.3) is 11.1 Å². The minimum Gasteiger partial charge on any atom is -0.438 e. The summed E-state index contributed by atoms with van der Waals surface area (Å²) in [5.41, 5.74) is 7.88. The predicted octanol–water partition coefficient (Wildman–Crippen LogP) is 2.58. The van der Waals surface area contributed by atoms with Gasteiger partial charge in [0.1, 0.15) is 12.1 Å². The number of nitrogens with two attached hydrogens (primary N) is 1. The molecule has 2 N–H and O–H groups in total. The van der Waals surface area contributed by atoms with E-state index in [1.807, 2.05) is 6.07 Å². The van der Waals surface area contributed by atoms with Crippen molar-refractivity contribution in [2.45, 2.75) is 20.5 Å². The fourth-order valence-corrected chi connectivity index (χ4v) is 1.44. The van der Waals surface area contributed by atoms with Crippen LogP contribution in [0, 0.1) is 5.92 Å². The van der Waals surface area contributed by atoms with Crippen LogP contribution >= 0.6 is 0 Å². The number of benzene rings is 1. The summed E-state index contributed by atoms with van der Waals surface area (Å²) in [6.07, 6.45) is 0. The highest BCUT2D eigenvalue weighted by molar-refractivity contribution is 5.76. The van der Waals surface area contributed by atoms with Crippen LogP contribution in [0.5, 0.6) is 0 Å². The first-order chi connectivity index (χ1) is 7.65. The second-order valence-corrected chi connectivity index (χ2v) is 4.24. The van der Waals surface area contributed by atoms with Crippen molar-refractivity contribution in [3.63, 3.8) is 0 Å². The lowest BCUT2D eigenvalue weighted by Crippen LogP contribution is -2.01. The summed E-state index contributed by atoms with van der Waals surface area (Å²) in [4.78, 5) is 4.30. The van der Waals surface area contributed by atoms with Crippen molar-refractivity contribution in [3.8, 4) is 0 Å². The SMILES string of the molecule is CC(C)COCc1nc2cc(N)ccc2o1. The van der Waals surface area contributed by atoms with Gasteiger partial charge in [-0.05, 0) is 24.1 Å². The van der Waals surface area contributed by atoms with Crippen molar-refractivity contribution in [2.24, 2.45) is 5.92 Å². The average molecular weight is 220 g/mol. The van der Waals surface area contributed by atoms with Gasteiger partial charge in [-0.1, -0.05) is 13.8 Å². The van der Waals surface area contributed by atoms with Crippen molar-refractivity contribution in [1.82, 2.24) is 4.98 Å². The summed E-state index contributed by atoms with van der Waals surface area (Å²) in [6, 6.07) is 5.42. The summed E-state index contributed by atoms with van der Waals surface area (Å²) in [5.74, 6) is 1.11. The molecule has 0 saturated carbocycles. The Labute approximate surface area is 94.4 Å². The van der Waals surface area contributed by atoms with Gasteiger partial charge in [-0.25, -0.2) is 4.98 Å². The van der Waals surface area contributed by atoms with E-state index in [0.29, 0.717) is 30.7 Å². The molecule has 0 aliphatic carbocycles. The number of oxazole rings is 1. The quantitative estimate of drug-likeness (QED) is 0.804. The van der Waals surface area contributed by atoms with Crippen LogP contribution in [0.15, 0.2) is 22.6 Å². The van der Waals surface area contributed by atoms with E-state index in [1.54, 1.807) is 12.1 Å². The number of ether oxygens (including phenoxy) is 1. The Morgan fingerprint density at radius 2 is 2.25 bits per heavy atom. The molecule has 0 aliphatic rings. The maximum atomic E-state index is 5.66. The maximum absolute atomic E-state index is 5.66. The number of hydrogen-bond donors (Lipinski definition) is 1. The Kier molecular flexibility index (Phi) is 3.10. The third-order valence-electron chi connectivity index (χ3n) is 2.13. The molecule has 0 saturated heterocycles. The van der Waals surface area contributed by atoms with E-state index in [9.17, 15) is 0 Å². The molecule has 0 amide bonds. The van der Waals surface area contributed by atoms with E-state index < -0.39 is 0 Å². The third-order valence-corrected chi connectivity index (χ3v) is 2.13. The second kappa shape index (κ2) is 4.53. The molecule has 1 heterocycles. The minimum atomic E-state index is 0.409. The van der Waals surface area contributed by atoms with Gasteiger partial charge >= 0.3 is 0 Å². The van der Waals surface area contributed by atoms with Crippen molar-refractivity contribution >= 4 is 16.8 Å². The van der Waals surface area contributed by atoms with Gasteiger partial charge in [-0.3, -0.25) is 0 Å². The minimum absolute atomic E-state index is 0.409. The van der Waals surface area contributed by atoms with E-state index in [-0.39, 0.29) is 0 Å². The van der Waals surface area contributed by atoms with Crippen molar-refractivity contribution in [2.75, 3.05) is 12.3 Å². The standard InChI is InChI=1S/C12H16N2O2/c1-8(2)6-15-7-12-14-10-5-9(13)3-4-11(10)16-12/h3-5,8H,6-7,13H2,1-2H3. The van der Waals surface area contributed by atoms with E-state index in [1.165, 1.54) is 0 Å². The predicted molar refractivity (Wildman–Crippen MR) is 62.9 cm³/mol. The Morgan fingerprint density at radius 1 is 1.44 bits per heavy atom. The molecule has 1 aromatic heterocycles. The molecule has 4 nitrogen and oxygen atoms in total. The molecule has 2 aromatic rings. The number of fused-ring (bicyclic) bond motifs is 1. The van der Waals surface area contributed by atoms with Gasteiger partial charge in [-0.15, -0.1) is 0 Å². The molecule has 0 fully saturated rings. The molecular formula is C12H16N2O2. The monoisotopic (exact) mass is 220 g/mol. The summed E-state index contributed by atoms with van der Waals surface area (Å²) >= 11 is 0. The third kappa shape index (κ3) is 2.52. The average Bonchev–Trinajstić information content (AvgIpc) is 2.58. The molecule has 2 rings (SSSR count). The molecule has 86 valence electrons. The number of nitrogen functional groups attached to an aromatic ring is 1. The van der Waals surface area contributed by atoms with Crippen LogP contribution < -0.4 is 5.73 Å². The molecule has 0 aliphatic heterocycles. The molecule has 0 spiro atoms. The zero-order valence-electron chi connectivity index (χ0n) is 9.56. The molecule has 16 heavy (non-hydrogen) atoms. The lowest BCUT2D eigenvalue weighted by molar-refractivity contribution is 0.0825. The lowest BCUT2D eigenvalue weighted by atomic mass is 10.2. The maximum Gasteiger partial charge on any atom is 0.221 e. The summed E-state index contributed by atoms with van der Waals surface area (Å²) in [5, 5.41) is 0. The Morgan fingerprint density at radius 3 is 3.00 bits per heavy atom. The largest absolute Gasteiger partial charge is 0.438 e. The number of nitrogens with zero attached hydrogens (tertiary/aromatic N) is 1. The van der Waals surface area contributed by atoms with E-state index in [2.05, 4.69) is 18.8 Å². The molecular weight excluding hydrogens is 204 g/mol. The van der Waals surface area contributed by atoms with Crippen LogP contribution in [0.2, 0.25) is 0 Å². The van der Waals surface area contributed by atoms with Gasteiger partial charge in [-0.2, -0.15) is 0 Å². The van der Waals surface area contributed by atoms with Gasteiger partial charge in [0, 0.05) is 12.3 Å². The molecule has 1 aromatic carbocycles. The lowest BCUT2D eigenvalue weighted by Gasteiger charge is -2.03. The van der Waals surface area contributed by atoms with Gasteiger partial charge in [0.15, 0.2) is 5.58 Å². The molecule has 0 unspecified atom stereocenters. The van der Waals surface area contributed by atoms with Gasteiger partial charge in [0.2, 0.25) is 5.89 Å². The summed E-state index contributed by atoms with van der Waals surface area (Å²) < 4.78 is 11.0. The normalized spacial score (nSPS) is 11.4. The second-order valence-electron chi connectivity index (χ2n) is 4.24. The zero-order valence-corrected chi connectivity index (χ0v) is 9.56. The number of anilines is 1. The van der Waals surface area contributed by atoms with Crippen LogP contribution in [-0.4, -0.2) is 11.6 Å². The van der Waals surface area contributed by atoms with Crippen molar-refractivity contribution < 1.29 is 9.15 Å². The van der Waals surface area contributed by atoms with Crippen LogP contribution in [0.3, 0.4) is 0 Å². The number of rotatable bonds is 4. The molecule has 0 bridgehead atoms. The van der Waals surface area contributed by atoms with E-state index in [4.69, 9.17) is 14.9 Å².